The molecule has 0 aliphatic heterocycles. The first-order chi connectivity index (χ1) is 9.94. The number of hydrogen-bond acceptors (Lipinski definition) is 3. The van der Waals surface area contributed by atoms with E-state index in [0.29, 0.717) is 23.3 Å². The second-order valence-electron chi connectivity index (χ2n) is 6.36. The molecule has 1 saturated carbocycles. The van der Waals surface area contributed by atoms with E-state index in [9.17, 15) is 8.42 Å². The first-order valence-corrected chi connectivity index (χ1v) is 9.68. The predicted molar refractivity (Wildman–Crippen MR) is 88.4 cm³/mol. The van der Waals surface area contributed by atoms with Gasteiger partial charge in [-0.25, -0.2) is 8.42 Å². The van der Waals surface area contributed by atoms with Crippen molar-refractivity contribution < 1.29 is 8.42 Å². The molecule has 0 heterocycles. The van der Waals surface area contributed by atoms with Gasteiger partial charge in [0.2, 0.25) is 0 Å². The molecule has 1 aromatic rings. The summed E-state index contributed by atoms with van der Waals surface area (Å²) >= 11 is 0. The SMILES string of the molecule is CCCS(=O)(=O)c1ccc(NC2CCCC(C)C2C)cc1. The van der Waals surface area contributed by atoms with Crippen LogP contribution in [0.3, 0.4) is 0 Å². The zero-order chi connectivity index (χ0) is 15.5. The van der Waals surface area contributed by atoms with Crippen LogP contribution in [0.5, 0.6) is 0 Å². The van der Waals surface area contributed by atoms with Gasteiger partial charge in [-0.2, -0.15) is 0 Å². The molecule has 3 nitrogen and oxygen atoms in total. The summed E-state index contributed by atoms with van der Waals surface area (Å²) in [4.78, 5) is 0.431. The second-order valence-corrected chi connectivity index (χ2v) is 8.47. The van der Waals surface area contributed by atoms with E-state index in [-0.39, 0.29) is 5.75 Å². The average molecular weight is 309 g/mol. The van der Waals surface area contributed by atoms with Crippen molar-refractivity contribution in [3.05, 3.63) is 24.3 Å². The molecule has 1 aromatic carbocycles. The topological polar surface area (TPSA) is 46.2 Å². The Balaban J connectivity index is 2.06. The summed E-state index contributed by atoms with van der Waals surface area (Å²) < 4.78 is 24.0. The quantitative estimate of drug-likeness (QED) is 0.890. The van der Waals surface area contributed by atoms with Crippen LogP contribution >= 0.6 is 0 Å². The molecule has 1 N–H and O–H groups in total. The Morgan fingerprint density at radius 1 is 1.14 bits per heavy atom. The fourth-order valence-corrected chi connectivity index (χ4v) is 4.47. The molecule has 4 heteroatoms. The monoisotopic (exact) mass is 309 g/mol. The minimum Gasteiger partial charge on any atom is -0.382 e. The van der Waals surface area contributed by atoms with Crippen LogP contribution in [0.15, 0.2) is 29.2 Å². The highest BCUT2D eigenvalue weighted by Gasteiger charge is 2.26. The molecule has 1 aliphatic carbocycles. The molecule has 0 aromatic heterocycles. The van der Waals surface area contributed by atoms with E-state index >= 15 is 0 Å². The van der Waals surface area contributed by atoms with Crippen LogP contribution in [0, 0.1) is 11.8 Å². The number of anilines is 1. The molecule has 21 heavy (non-hydrogen) atoms. The Kier molecular flexibility index (Phi) is 5.31. The van der Waals surface area contributed by atoms with Crippen molar-refractivity contribution in [1.29, 1.82) is 0 Å². The van der Waals surface area contributed by atoms with Gasteiger partial charge in [0.25, 0.3) is 0 Å². The van der Waals surface area contributed by atoms with Crippen molar-refractivity contribution >= 4 is 15.5 Å². The van der Waals surface area contributed by atoms with Gasteiger partial charge < -0.3 is 5.32 Å². The Labute approximate surface area is 129 Å². The van der Waals surface area contributed by atoms with E-state index in [1.165, 1.54) is 19.3 Å². The van der Waals surface area contributed by atoms with E-state index in [1.54, 1.807) is 12.1 Å². The smallest absolute Gasteiger partial charge is 0.178 e. The van der Waals surface area contributed by atoms with Crippen LogP contribution in [0.1, 0.15) is 46.5 Å². The van der Waals surface area contributed by atoms with Crippen molar-refractivity contribution in [1.82, 2.24) is 0 Å². The van der Waals surface area contributed by atoms with Crippen LogP contribution in [0.25, 0.3) is 0 Å². The molecule has 3 atom stereocenters. The Morgan fingerprint density at radius 2 is 1.81 bits per heavy atom. The van der Waals surface area contributed by atoms with Gasteiger partial charge >= 0.3 is 0 Å². The molecule has 3 unspecified atom stereocenters. The van der Waals surface area contributed by atoms with Gasteiger partial charge in [-0.3, -0.25) is 0 Å². The normalized spacial score (nSPS) is 26.5. The van der Waals surface area contributed by atoms with Crippen LogP contribution in [-0.2, 0) is 9.84 Å². The minimum atomic E-state index is -3.11. The van der Waals surface area contributed by atoms with Crippen molar-refractivity contribution in [2.75, 3.05) is 11.1 Å². The highest BCUT2D eigenvalue weighted by atomic mass is 32.2. The highest BCUT2D eigenvalue weighted by molar-refractivity contribution is 7.91. The fourth-order valence-electron chi connectivity index (χ4n) is 3.14. The van der Waals surface area contributed by atoms with Crippen molar-refractivity contribution in [3.8, 4) is 0 Å². The lowest BCUT2D eigenvalue weighted by Crippen LogP contribution is -2.34. The van der Waals surface area contributed by atoms with Crippen molar-refractivity contribution in [2.24, 2.45) is 11.8 Å². The number of hydrogen-bond donors (Lipinski definition) is 1. The van der Waals surface area contributed by atoms with Gasteiger partial charge in [0.05, 0.1) is 10.6 Å². The summed E-state index contributed by atoms with van der Waals surface area (Å²) in [6.45, 7) is 6.51. The lowest BCUT2D eigenvalue weighted by Gasteiger charge is -2.35. The summed E-state index contributed by atoms with van der Waals surface area (Å²) in [6.07, 6.45) is 4.43. The number of rotatable bonds is 5. The third-order valence-electron chi connectivity index (χ3n) is 4.75. The summed E-state index contributed by atoms with van der Waals surface area (Å²) in [6, 6.07) is 7.74. The first-order valence-electron chi connectivity index (χ1n) is 8.03. The van der Waals surface area contributed by atoms with E-state index in [2.05, 4.69) is 19.2 Å². The number of benzene rings is 1. The zero-order valence-corrected chi connectivity index (χ0v) is 14.1. The maximum Gasteiger partial charge on any atom is 0.178 e. The summed E-state index contributed by atoms with van der Waals surface area (Å²) in [7, 11) is -3.11. The molecule has 2 rings (SSSR count). The Morgan fingerprint density at radius 3 is 2.43 bits per heavy atom. The number of nitrogens with one attached hydrogen (secondary N) is 1. The lowest BCUT2D eigenvalue weighted by atomic mass is 9.78. The van der Waals surface area contributed by atoms with Crippen LogP contribution < -0.4 is 5.32 Å². The van der Waals surface area contributed by atoms with Gasteiger partial charge in [0.15, 0.2) is 9.84 Å². The standard InChI is InChI=1S/C17H27NO2S/c1-4-12-21(19,20)16-10-8-15(9-11-16)18-17-7-5-6-13(2)14(17)3/h8-11,13-14,17-18H,4-7,12H2,1-3H3. The van der Waals surface area contributed by atoms with Gasteiger partial charge in [-0.1, -0.05) is 33.6 Å². The summed E-state index contributed by atoms with van der Waals surface area (Å²) in [5.74, 6) is 1.62. The summed E-state index contributed by atoms with van der Waals surface area (Å²) in [5, 5.41) is 3.58. The molecular weight excluding hydrogens is 282 g/mol. The van der Waals surface area contributed by atoms with Crippen LogP contribution in [0.4, 0.5) is 5.69 Å². The van der Waals surface area contributed by atoms with Gasteiger partial charge in [0, 0.05) is 11.7 Å². The third-order valence-corrected chi connectivity index (χ3v) is 6.68. The molecule has 1 aliphatic rings. The van der Waals surface area contributed by atoms with E-state index < -0.39 is 9.84 Å². The molecule has 0 spiro atoms. The van der Waals surface area contributed by atoms with Gasteiger partial charge in [-0.05, 0) is 48.9 Å². The Hall–Kier alpha value is -1.03. The Bertz CT molecular complexity index is 551. The van der Waals surface area contributed by atoms with Crippen molar-refractivity contribution in [2.45, 2.75) is 57.4 Å². The largest absolute Gasteiger partial charge is 0.382 e. The molecule has 1 fully saturated rings. The van der Waals surface area contributed by atoms with Gasteiger partial charge in [-0.15, -0.1) is 0 Å². The molecule has 0 amide bonds. The lowest BCUT2D eigenvalue weighted by molar-refractivity contribution is 0.253. The fraction of sp³-hybridized carbons (Fsp3) is 0.647. The predicted octanol–water partition coefficient (Wildman–Crippen LogP) is 4.11. The van der Waals surface area contributed by atoms with Crippen molar-refractivity contribution in [3.63, 3.8) is 0 Å². The molecule has 0 bridgehead atoms. The van der Waals surface area contributed by atoms with E-state index in [4.69, 9.17) is 0 Å². The number of sulfone groups is 1. The molecule has 0 radical (unpaired) electrons. The zero-order valence-electron chi connectivity index (χ0n) is 13.3. The molecular formula is C17H27NO2S. The maximum atomic E-state index is 12.0. The van der Waals surface area contributed by atoms with E-state index in [1.807, 2.05) is 19.1 Å². The summed E-state index contributed by atoms with van der Waals surface area (Å²) in [5.41, 5.74) is 1.02. The molecule has 0 saturated heterocycles. The first kappa shape index (κ1) is 16.3. The van der Waals surface area contributed by atoms with Crippen LogP contribution in [0.2, 0.25) is 0 Å². The van der Waals surface area contributed by atoms with Crippen LogP contribution in [-0.4, -0.2) is 20.2 Å². The maximum absolute atomic E-state index is 12.0. The third kappa shape index (κ3) is 4.00. The second kappa shape index (κ2) is 6.82. The van der Waals surface area contributed by atoms with E-state index in [0.717, 1.165) is 11.6 Å². The average Bonchev–Trinajstić information content (AvgIpc) is 2.44. The minimum absolute atomic E-state index is 0.219. The van der Waals surface area contributed by atoms with Gasteiger partial charge in [0.1, 0.15) is 0 Å². The highest BCUT2D eigenvalue weighted by Crippen LogP contribution is 2.31. The molecule has 118 valence electrons.